The standard InChI is InChI=1S/C14H18N2O4S/c1-8(15-13(18)11-6-3-7-21-11)12(17)16-10-5-2-4-9(10)14(19)20/h3,6-10H,2,4-5H2,1H3,(H,15,18)(H,16,17)(H,19,20). The van der Waals surface area contributed by atoms with Crippen molar-refractivity contribution in [3.05, 3.63) is 22.4 Å². The van der Waals surface area contributed by atoms with Crippen LogP contribution in [0.2, 0.25) is 0 Å². The average Bonchev–Trinajstić information content (AvgIpc) is 3.09. The molecule has 3 N–H and O–H groups in total. The zero-order chi connectivity index (χ0) is 15.4. The van der Waals surface area contributed by atoms with Crippen molar-refractivity contribution in [1.29, 1.82) is 0 Å². The lowest BCUT2D eigenvalue weighted by atomic mass is 10.0. The van der Waals surface area contributed by atoms with Crippen molar-refractivity contribution in [1.82, 2.24) is 10.6 Å². The number of carboxylic acid groups (broad SMARTS) is 1. The van der Waals surface area contributed by atoms with Crippen LogP contribution in [0.3, 0.4) is 0 Å². The molecule has 1 aromatic rings. The minimum Gasteiger partial charge on any atom is -0.481 e. The van der Waals surface area contributed by atoms with Crippen LogP contribution in [0.25, 0.3) is 0 Å². The van der Waals surface area contributed by atoms with Gasteiger partial charge in [-0.3, -0.25) is 14.4 Å². The predicted molar refractivity (Wildman–Crippen MR) is 78.2 cm³/mol. The van der Waals surface area contributed by atoms with Crippen molar-refractivity contribution in [2.24, 2.45) is 5.92 Å². The molecule has 3 atom stereocenters. The van der Waals surface area contributed by atoms with E-state index < -0.39 is 17.9 Å². The van der Waals surface area contributed by atoms with Crippen LogP contribution in [0.1, 0.15) is 35.9 Å². The van der Waals surface area contributed by atoms with E-state index in [0.717, 1.165) is 6.42 Å². The van der Waals surface area contributed by atoms with Crippen LogP contribution >= 0.6 is 11.3 Å². The van der Waals surface area contributed by atoms with Crippen LogP contribution in [0.15, 0.2) is 17.5 Å². The van der Waals surface area contributed by atoms with Crippen LogP contribution in [-0.4, -0.2) is 35.0 Å². The minimum absolute atomic E-state index is 0.297. The molecule has 0 aromatic carbocycles. The summed E-state index contributed by atoms with van der Waals surface area (Å²) in [5, 5.41) is 16.2. The summed E-state index contributed by atoms with van der Waals surface area (Å²) < 4.78 is 0. The molecule has 0 saturated heterocycles. The highest BCUT2D eigenvalue weighted by atomic mass is 32.1. The monoisotopic (exact) mass is 310 g/mol. The van der Waals surface area contributed by atoms with Gasteiger partial charge in [0.25, 0.3) is 5.91 Å². The topological polar surface area (TPSA) is 95.5 Å². The molecule has 1 heterocycles. The predicted octanol–water partition coefficient (Wildman–Crippen LogP) is 1.24. The number of hydrogen-bond acceptors (Lipinski definition) is 4. The Labute approximate surface area is 126 Å². The van der Waals surface area contributed by atoms with Crippen molar-refractivity contribution in [2.75, 3.05) is 0 Å². The molecule has 1 saturated carbocycles. The highest BCUT2D eigenvalue weighted by Crippen LogP contribution is 2.25. The molecule has 21 heavy (non-hydrogen) atoms. The third kappa shape index (κ3) is 3.81. The number of amides is 2. The van der Waals surface area contributed by atoms with Crippen LogP contribution in [0.4, 0.5) is 0 Å². The van der Waals surface area contributed by atoms with Gasteiger partial charge in [0.2, 0.25) is 5.91 Å². The lowest BCUT2D eigenvalue weighted by molar-refractivity contribution is -0.142. The number of carbonyl (C=O) groups excluding carboxylic acids is 2. The number of aliphatic carboxylic acids is 1. The van der Waals surface area contributed by atoms with Gasteiger partial charge in [0.05, 0.1) is 10.8 Å². The van der Waals surface area contributed by atoms with Gasteiger partial charge in [0.15, 0.2) is 0 Å². The zero-order valence-corrected chi connectivity index (χ0v) is 12.5. The highest BCUT2D eigenvalue weighted by Gasteiger charge is 2.34. The van der Waals surface area contributed by atoms with E-state index in [4.69, 9.17) is 5.11 Å². The smallest absolute Gasteiger partial charge is 0.308 e. The Bertz CT molecular complexity index is 529. The van der Waals surface area contributed by atoms with Gasteiger partial charge >= 0.3 is 5.97 Å². The molecular weight excluding hydrogens is 292 g/mol. The molecule has 3 unspecified atom stereocenters. The summed E-state index contributed by atoms with van der Waals surface area (Å²) in [5.74, 6) is -2.06. The van der Waals surface area contributed by atoms with Crippen LogP contribution in [0, 0.1) is 5.92 Å². The molecule has 2 rings (SSSR count). The van der Waals surface area contributed by atoms with Crippen LogP contribution < -0.4 is 10.6 Å². The second kappa shape index (κ2) is 6.71. The number of hydrogen-bond donors (Lipinski definition) is 3. The van der Waals surface area contributed by atoms with Gasteiger partial charge in [-0.2, -0.15) is 0 Å². The van der Waals surface area contributed by atoms with E-state index in [1.54, 1.807) is 24.4 Å². The van der Waals surface area contributed by atoms with Gasteiger partial charge in [-0.05, 0) is 31.2 Å². The molecule has 0 radical (unpaired) electrons. The maximum atomic E-state index is 12.1. The van der Waals surface area contributed by atoms with Crippen molar-refractivity contribution >= 4 is 29.1 Å². The van der Waals surface area contributed by atoms with Crippen LogP contribution in [0.5, 0.6) is 0 Å². The van der Waals surface area contributed by atoms with Crippen molar-refractivity contribution in [3.63, 3.8) is 0 Å². The van der Waals surface area contributed by atoms with E-state index in [-0.39, 0.29) is 17.9 Å². The Kier molecular flexibility index (Phi) is 4.95. The fraction of sp³-hybridized carbons (Fsp3) is 0.500. The van der Waals surface area contributed by atoms with Gasteiger partial charge in [-0.15, -0.1) is 11.3 Å². The third-order valence-corrected chi connectivity index (χ3v) is 4.52. The second-order valence-corrected chi connectivity index (χ2v) is 6.11. The number of nitrogens with one attached hydrogen (secondary N) is 2. The first-order valence-electron chi connectivity index (χ1n) is 6.86. The molecule has 114 valence electrons. The average molecular weight is 310 g/mol. The maximum Gasteiger partial charge on any atom is 0.308 e. The number of carbonyl (C=O) groups is 3. The highest BCUT2D eigenvalue weighted by molar-refractivity contribution is 7.12. The fourth-order valence-electron chi connectivity index (χ4n) is 2.48. The van der Waals surface area contributed by atoms with Crippen LogP contribution in [-0.2, 0) is 9.59 Å². The SMILES string of the molecule is CC(NC(=O)c1cccs1)C(=O)NC1CCCC1C(=O)O. The molecule has 0 bridgehead atoms. The van der Waals surface area contributed by atoms with Gasteiger partial charge < -0.3 is 15.7 Å². The molecular formula is C14H18N2O4S. The molecule has 6 nitrogen and oxygen atoms in total. The number of carboxylic acids is 1. The Morgan fingerprint density at radius 3 is 2.76 bits per heavy atom. The van der Waals surface area contributed by atoms with E-state index in [9.17, 15) is 14.4 Å². The number of rotatable bonds is 5. The summed E-state index contributed by atoms with van der Waals surface area (Å²) in [6.07, 6.45) is 2.03. The van der Waals surface area contributed by atoms with Gasteiger partial charge in [-0.1, -0.05) is 12.5 Å². The molecule has 1 aromatic heterocycles. The maximum absolute atomic E-state index is 12.1. The van der Waals surface area contributed by atoms with E-state index in [1.807, 2.05) is 0 Å². The summed E-state index contributed by atoms with van der Waals surface area (Å²) in [7, 11) is 0. The van der Waals surface area contributed by atoms with E-state index in [2.05, 4.69) is 10.6 Å². The molecule has 1 fully saturated rings. The van der Waals surface area contributed by atoms with Gasteiger partial charge in [-0.25, -0.2) is 0 Å². The van der Waals surface area contributed by atoms with Gasteiger partial charge in [0.1, 0.15) is 6.04 Å². The minimum atomic E-state index is -0.881. The summed E-state index contributed by atoms with van der Waals surface area (Å²) >= 11 is 1.30. The number of thiophene rings is 1. The van der Waals surface area contributed by atoms with E-state index >= 15 is 0 Å². The zero-order valence-electron chi connectivity index (χ0n) is 11.7. The first kappa shape index (κ1) is 15.5. The van der Waals surface area contributed by atoms with Crippen molar-refractivity contribution in [3.8, 4) is 0 Å². The molecule has 7 heteroatoms. The normalized spacial score (nSPS) is 22.5. The first-order chi connectivity index (χ1) is 9.99. The molecule has 2 amide bonds. The summed E-state index contributed by atoms with van der Waals surface area (Å²) in [6, 6.07) is 2.40. The third-order valence-electron chi connectivity index (χ3n) is 3.65. The first-order valence-corrected chi connectivity index (χ1v) is 7.74. The second-order valence-electron chi connectivity index (χ2n) is 5.16. The summed E-state index contributed by atoms with van der Waals surface area (Å²) in [5.41, 5.74) is 0. The summed E-state index contributed by atoms with van der Waals surface area (Å²) in [6.45, 7) is 1.59. The van der Waals surface area contributed by atoms with Crippen molar-refractivity contribution in [2.45, 2.75) is 38.3 Å². The molecule has 0 aliphatic heterocycles. The Balaban J connectivity index is 1.88. The fourth-order valence-corrected chi connectivity index (χ4v) is 3.10. The van der Waals surface area contributed by atoms with E-state index in [0.29, 0.717) is 17.7 Å². The van der Waals surface area contributed by atoms with E-state index in [1.165, 1.54) is 11.3 Å². The molecule has 1 aliphatic rings. The Hall–Kier alpha value is -1.89. The molecule has 1 aliphatic carbocycles. The quantitative estimate of drug-likeness (QED) is 0.762. The summed E-state index contributed by atoms with van der Waals surface area (Å²) in [4.78, 5) is 35.5. The molecule has 0 spiro atoms. The lowest BCUT2D eigenvalue weighted by Gasteiger charge is -2.20. The van der Waals surface area contributed by atoms with Crippen molar-refractivity contribution < 1.29 is 19.5 Å². The Morgan fingerprint density at radius 2 is 2.14 bits per heavy atom. The van der Waals surface area contributed by atoms with Gasteiger partial charge in [0, 0.05) is 6.04 Å². The lowest BCUT2D eigenvalue weighted by Crippen LogP contribution is -2.49. The largest absolute Gasteiger partial charge is 0.481 e. The Morgan fingerprint density at radius 1 is 1.38 bits per heavy atom.